The average Bonchev–Trinajstić information content (AvgIpc) is 2.97. The molecule has 2 atom stereocenters. The van der Waals surface area contributed by atoms with Gasteiger partial charge in [0.1, 0.15) is 11.6 Å². The van der Waals surface area contributed by atoms with Crippen molar-refractivity contribution in [3.8, 4) is 17.0 Å². The summed E-state index contributed by atoms with van der Waals surface area (Å²) in [6.07, 6.45) is 6.48. The van der Waals surface area contributed by atoms with Crippen molar-refractivity contribution in [2.45, 2.75) is 37.6 Å². The highest BCUT2D eigenvalue weighted by molar-refractivity contribution is 5.59. The van der Waals surface area contributed by atoms with Crippen molar-refractivity contribution in [2.24, 2.45) is 5.73 Å². The molecule has 2 unspecified atom stereocenters. The smallest absolute Gasteiger partial charge is 0.118 e. The van der Waals surface area contributed by atoms with Gasteiger partial charge in [-0.1, -0.05) is 6.42 Å². The van der Waals surface area contributed by atoms with Gasteiger partial charge in [-0.3, -0.25) is 0 Å². The predicted octanol–water partition coefficient (Wildman–Crippen LogP) is 3.07. The van der Waals surface area contributed by atoms with E-state index in [4.69, 9.17) is 10.5 Å². The van der Waals surface area contributed by atoms with E-state index >= 15 is 0 Å². The lowest BCUT2D eigenvalue weighted by Crippen LogP contribution is -2.27. The third-order valence-corrected chi connectivity index (χ3v) is 4.10. The number of hydrogen-bond acceptors (Lipinski definition) is 3. The molecule has 4 heteroatoms. The number of hydrogen-bond donors (Lipinski definition) is 2. The van der Waals surface area contributed by atoms with E-state index in [-0.39, 0.29) is 0 Å². The van der Waals surface area contributed by atoms with Gasteiger partial charge in [0.25, 0.3) is 0 Å². The number of benzene rings is 1. The van der Waals surface area contributed by atoms with Crippen LogP contribution in [0.4, 0.5) is 0 Å². The zero-order chi connectivity index (χ0) is 13.9. The van der Waals surface area contributed by atoms with E-state index in [1.165, 1.54) is 12.8 Å². The zero-order valence-corrected chi connectivity index (χ0v) is 11.8. The minimum absolute atomic E-state index is 0.322. The molecule has 0 amide bonds. The van der Waals surface area contributed by atoms with Crippen molar-refractivity contribution in [3.63, 3.8) is 0 Å². The Balaban J connectivity index is 1.78. The molecule has 1 aliphatic rings. The van der Waals surface area contributed by atoms with Crippen LogP contribution in [0.5, 0.6) is 5.75 Å². The van der Waals surface area contributed by atoms with Crippen LogP contribution in [0.25, 0.3) is 11.3 Å². The molecule has 20 heavy (non-hydrogen) atoms. The Bertz CT molecular complexity index is 561. The molecule has 2 aromatic rings. The Hall–Kier alpha value is -1.81. The molecule has 0 saturated heterocycles. The van der Waals surface area contributed by atoms with Gasteiger partial charge in [0.15, 0.2) is 0 Å². The largest absolute Gasteiger partial charge is 0.497 e. The van der Waals surface area contributed by atoms with Crippen LogP contribution in [0.2, 0.25) is 0 Å². The highest BCUT2D eigenvalue weighted by Gasteiger charge is 2.23. The van der Waals surface area contributed by atoms with E-state index in [0.29, 0.717) is 12.0 Å². The van der Waals surface area contributed by atoms with E-state index < -0.39 is 0 Å². The van der Waals surface area contributed by atoms with Crippen molar-refractivity contribution < 1.29 is 4.74 Å². The first kappa shape index (κ1) is 13.2. The summed E-state index contributed by atoms with van der Waals surface area (Å²) in [4.78, 5) is 8.00. The van der Waals surface area contributed by atoms with Crippen LogP contribution in [0, 0.1) is 0 Å². The Morgan fingerprint density at radius 1 is 1.25 bits per heavy atom. The second kappa shape index (κ2) is 5.67. The Kier molecular flexibility index (Phi) is 3.74. The number of nitrogens with zero attached hydrogens (tertiary/aromatic N) is 1. The third-order valence-electron chi connectivity index (χ3n) is 4.10. The fraction of sp³-hybridized carbons (Fsp3) is 0.438. The second-order valence-corrected chi connectivity index (χ2v) is 5.53. The molecule has 1 aromatic heterocycles. The highest BCUT2D eigenvalue weighted by Crippen LogP contribution is 2.31. The molecule has 1 heterocycles. The first-order valence-corrected chi connectivity index (χ1v) is 7.21. The van der Waals surface area contributed by atoms with Crippen LogP contribution in [0.15, 0.2) is 30.5 Å². The SMILES string of the molecule is COc1ccc(-c2cnc(C3CCCC(N)C3)[nH]2)cc1. The maximum Gasteiger partial charge on any atom is 0.118 e. The molecule has 4 nitrogen and oxygen atoms in total. The van der Waals surface area contributed by atoms with Gasteiger partial charge in [-0.15, -0.1) is 0 Å². The number of aromatic nitrogens is 2. The predicted molar refractivity (Wildman–Crippen MR) is 79.8 cm³/mol. The van der Waals surface area contributed by atoms with Gasteiger partial charge in [-0.25, -0.2) is 4.98 Å². The summed E-state index contributed by atoms with van der Waals surface area (Å²) in [6, 6.07) is 8.34. The number of imidazole rings is 1. The number of H-pyrrole nitrogens is 1. The van der Waals surface area contributed by atoms with Crippen molar-refractivity contribution in [3.05, 3.63) is 36.3 Å². The summed E-state index contributed by atoms with van der Waals surface area (Å²) in [5, 5.41) is 0. The number of aromatic amines is 1. The van der Waals surface area contributed by atoms with Crippen LogP contribution in [0.3, 0.4) is 0 Å². The van der Waals surface area contributed by atoms with Gasteiger partial charge < -0.3 is 15.5 Å². The van der Waals surface area contributed by atoms with Gasteiger partial charge in [-0.2, -0.15) is 0 Å². The molecule has 0 spiro atoms. The molecule has 1 aromatic carbocycles. The van der Waals surface area contributed by atoms with Crippen LogP contribution < -0.4 is 10.5 Å². The summed E-state index contributed by atoms with van der Waals surface area (Å²) < 4.78 is 5.18. The fourth-order valence-corrected chi connectivity index (χ4v) is 2.94. The van der Waals surface area contributed by atoms with E-state index in [1.54, 1.807) is 7.11 Å². The van der Waals surface area contributed by atoms with Gasteiger partial charge in [0.05, 0.1) is 19.0 Å². The van der Waals surface area contributed by atoms with Crippen LogP contribution >= 0.6 is 0 Å². The summed E-state index contributed by atoms with van der Waals surface area (Å²) in [7, 11) is 1.68. The Morgan fingerprint density at radius 3 is 2.75 bits per heavy atom. The molecule has 0 bridgehead atoms. The topological polar surface area (TPSA) is 63.9 Å². The lowest BCUT2D eigenvalue weighted by atomic mass is 9.86. The van der Waals surface area contributed by atoms with E-state index in [9.17, 15) is 0 Å². The van der Waals surface area contributed by atoms with Gasteiger partial charge in [0.2, 0.25) is 0 Å². The number of methoxy groups -OCH3 is 1. The summed E-state index contributed by atoms with van der Waals surface area (Å²) in [6.45, 7) is 0. The second-order valence-electron chi connectivity index (χ2n) is 5.53. The lowest BCUT2D eigenvalue weighted by Gasteiger charge is -2.24. The van der Waals surface area contributed by atoms with Gasteiger partial charge >= 0.3 is 0 Å². The number of nitrogens with two attached hydrogens (primary N) is 1. The van der Waals surface area contributed by atoms with Crippen molar-refractivity contribution in [1.82, 2.24) is 9.97 Å². The third kappa shape index (κ3) is 2.70. The molecule has 1 saturated carbocycles. The molecular weight excluding hydrogens is 250 g/mol. The molecule has 1 aliphatic carbocycles. The van der Waals surface area contributed by atoms with E-state index in [1.807, 2.05) is 30.5 Å². The van der Waals surface area contributed by atoms with Crippen LogP contribution in [-0.4, -0.2) is 23.1 Å². The van der Waals surface area contributed by atoms with Crippen molar-refractivity contribution in [2.75, 3.05) is 7.11 Å². The maximum absolute atomic E-state index is 6.06. The minimum atomic E-state index is 0.322. The van der Waals surface area contributed by atoms with Crippen molar-refractivity contribution >= 4 is 0 Å². The quantitative estimate of drug-likeness (QED) is 0.901. The highest BCUT2D eigenvalue weighted by atomic mass is 16.5. The molecule has 3 rings (SSSR count). The molecule has 0 radical (unpaired) electrons. The first-order chi connectivity index (χ1) is 9.76. The summed E-state index contributed by atoms with van der Waals surface area (Å²) in [5.74, 6) is 2.42. The molecule has 0 aliphatic heterocycles. The maximum atomic E-state index is 6.06. The fourth-order valence-electron chi connectivity index (χ4n) is 2.94. The number of nitrogens with one attached hydrogen (secondary N) is 1. The molecule has 3 N–H and O–H groups in total. The van der Waals surface area contributed by atoms with E-state index in [2.05, 4.69) is 9.97 Å². The number of rotatable bonds is 3. The Morgan fingerprint density at radius 2 is 2.05 bits per heavy atom. The molecular formula is C16H21N3O. The summed E-state index contributed by atoms with van der Waals surface area (Å²) >= 11 is 0. The molecule has 106 valence electrons. The summed E-state index contributed by atoms with van der Waals surface area (Å²) in [5.41, 5.74) is 8.24. The normalized spacial score (nSPS) is 22.7. The first-order valence-electron chi connectivity index (χ1n) is 7.21. The minimum Gasteiger partial charge on any atom is -0.497 e. The van der Waals surface area contributed by atoms with E-state index in [0.717, 1.165) is 35.7 Å². The van der Waals surface area contributed by atoms with Crippen LogP contribution in [-0.2, 0) is 0 Å². The van der Waals surface area contributed by atoms with Gasteiger partial charge in [-0.05, 0) is 49.1 Å². The zero-order valence-electron chi connectivity index (χ0n) is 11.8. The monoisotopic (exact) mass is 271 g/mol. The van der Waals surface area contributed by atoms with Gasteiger partial charge in [0, 0.05) is 12.0 Å². The lowest BCUT2D eigenvalue weighted by molar-refractivity contribution is 0.383. The van der Waals surface area contributed by atoms with Crippen LogP contribution in [0.1, 0.15) is 37.4 Å². The number of ether oxygens (including phenoxy) is 1. The average molecular weight is 271 g/mol. The van der Waals surface area contributed by atoms with Crippen molar-refractivity contribution in [1.29, 1.82) is 0 Å². The standard InChI is InChI=1S/C16H21N3O/c1-20-14-7-5-11(6-8-14)15-10-18-16(19-15)12-3-2-4-13(17)9-12/h5-8,10,12-13H,2-4,9,17H2,1H3,(H,18,19). The Labute approximate surface area is 119 Å². The molecule has 1 fully saturated rings.